The van der Waals surface area contributed by atoms with Crippen LogP contribution in [-0.2, 0) is 0 Å². The molecule has 0 aliphatic carbocycles. The number of hydrogen-bond donors (Lipinski definition) is 2. The van der Waals surface area contributed by atoms with Gasteiger partial charge >= 0.3 is 0 Å². The van der Waals surface area contributed by atoms with Crippen molar-refractivity contribution in [2.75, 3.05) is 0 Å². The van der Waals surface area contributed by atoms with Gasteiger partial charge in [0.2, 0.25) is 0 Å². The van der Waals surface area contributed by atoms with E-state index >= 15 is 0 Å². The van der Waals surface area contributed by atoms with Crippen LogP contribution in [0, 0.1) is 5.82 Å². The van der Waals surface area contributed by atoms with E-state index in [-0.39, 0.29) is 12.1 Å². The van der Waals surface area contributed by atoms with Crippen molar-refractivity contribution in [2.24, 2.45) is 0 Å². The summed E-state index contributed by atoms with van der Waals surface area (Å²) >= 11 is 5.89. The van der Waals surface area contributed by atoms with Gasteiger partial charge in [0.25, 0.3) is 0 Å². The number of aliphatic hydroxyl groups excluding tert-OH is 1. The zero-order valence-electron chi connectivity index (χ0n) is 11.3. The number of hydrogen-bond acceptors (Lipinski definition) is 3. The Bertz CT molecular complexity index is 620. The van der Waals surface area contributed by atoms with Gasteiger partial charge in [-0.25, -0.2) is 4.39 Å². The molecule has 1 saturated heterocycles. The van der Waals surface area contributed by atoms with Crippen LogP contribution in [0.2, 0.25) is 5.02 Å². The van der Waals surface area contributed by atoms with Gasteiger partial charge in [-0.2, -0.15) is 0 Å². The maximum absolute atomic E-state index is 13.2. The molecule has 0 unspecified atom stereocenters. The van der Waals surface area contributed by atoms with Crippen molar-refractivity contribution in [3.05, 3.63) is 64.7 Å². The Labute approximate surface area is 127 Å². The third kappa shape index (κ3) is 3.23. The van der Waals surface area contributed by atoms with E-state index in [2.05, 4.69) is 10.3 Å². The summed E-state index contributed by atoms with van der Waals surface area (Å²) in [4.78, 5) is 3.79. The molecule has 0 amide bonds. The van der Waals surface area contributed by atoms with Gasteiger partial charge in [0.1, 0.15) is 5.82 Å². The maximum Gasteiger partial charge on any atom is 0.141 e. The lowest BCUT2D eigenvalue weighted by molar-refractivity contribution is 0.134. The molecule has 110 valence electrons. The number of benzene rings is 1. The fraction of sp³-hybridized carbons (Fsp3) is 0.312. The Kier molecular flexibility index (Phi) is 4.19. The number of rotatable bonds is 3. The van der Waals surface area contributed by atoms with Gasteiger partial charge in [-0.15, -0.1) is 0 Å². The van der Waals surface area contributed by atoms with Crippen LogP contribution in [0.1, 0.15) is 36.1 Å². The molecule has 1 aliphatic rings. The molecule has 3 atom stereocenters. The summed E-state index contributed by atoms with van der Waals surface area (Å²) in [5.74, 6) is -0.432. The fourth-order valence-corrected chi connectivity index (χ4v) is 2.93. The van der Waals surface area contributed by atoms with Crippen molar-refractivity contribution in [2.45, 2.75) is 31.0 Å². The third-order valence-corrected chi connectivity index (χ3v) is 4.15. The lowest BCUT2D eigenvalue weighted by Crippen LogP contribution is -2.30. The van der Waals surface area contributed by atoms with Crippen LogP contribution in [0.4, 0.5) is 4.39 Å². The second kappa shape index (κ2) is 6.10. The SMILES string of the molecule is O[C@H](c1cncc(F)c1)[C@H]1CC[C@@H](c2ccc(Cl)cc2)N1. The zero-order valence-corrected chi connectivity index (χ0v) is 12.1. The van der Waals surface area contributed by atoms with Crippen molar-refractivity contribution in [3.63, 3.8) is 0 Å². The average molecular weight is 307 g/mol. The second-order valence-electron chi connectivity index (χ2n) is 5.34. The first-order chi connectivity index (χ1) is 10.1. The molecule has 1 fully saturated rings. The summed E-state index contributed by atoms with van der Waals surface area (Å²) in [5, 5.41) is 14.5. The molecule has 0 bridgehead atoms. The molecule has 3 rings (SSSR count). The van der Waals surface area contributed by atoms with Crippen molar-refractivity contribution in [3.8, 4) is 0 Å². The number of halogens is 2. The van der Waals surface area contributed by atoms with Gasteiger partial charge in [-0.05, 0) is 36.6 Å². The van der Waals surface area contributed by atoms with Gasteiger partial charge in [0.05, 0.1) is 12.3 Å². The van der Waals surface area contributed by atoms with Crippen LogP contribution in [0.25, 0.3) is 0 Å². The van der Waals surface area contributed by atoms with Crippen LogP contribution in [-0.4, -0.2) is 16.1 Å². The monoisotopic (exact) mass is 306 g/mol. The van der Waals surface area contributed by atoms with E-state index in [1.54, 1.807) is 0 Å². The van der Waals surface area contributed by atoms with Crippen LogP contribution < -0.4 is 5.32 Å². The molecule has 0 spiro atoms. The van der Waals surface area contributed by atoms with Crippen LogP contribution >= 0.6 is 11.6 Å². The lowest BCUT2D eigenvalue weighted by Gasteiger charge is -2.20. The minimum atomic E-state index is -0.759. The molecule has 1 aliphatic heterocycles. The number of nitrogens with zero attached hydrogens (tertiary/aromatic N) is 1. The molecule has 3 nitrogen and oxygen atoms in total. The molecule has 21 heavy (non-hydrogen) atoms. The highest BCUT2D eigenvalue weighted by molar-refractivity contribution is 6.30. The molecule has 0 saturated carbocycles. The molecule has 1 aromatic carbocycles. The first-order valence-corrected chi connectivity index (χ1v) is 7.31. The summed E-state index contributed by atoms with van der Waals surface area (Å²) in [6.07, 6.45) is 3.63. The lowest BCUT2D eigenvalue weighted by atomic mass is 10.0. The van der Waals surface area contributed by atoms with E-state index in [1.165, 1.54) is 12.3 Å². The topological polar surface area (TPSA) is 45.2 Å². The van der Waals surface area contributed by atoms with E-state index in [9.17, 15) is 9.50 Å². The van der Waals surface area contributed by atoms with Crippen LogP contribution in [0.15, 0.2) is 42.7 Å². The molecule has 2 aromatic rings. The van der Waals surface area contributed by atoms with Gasteiger partial charge in [0, 0.05) is 28.9 Å². The average Bonchev–Trinajstić information content (AvgIpc) is 2.97. The Balaban J connectivity index is 1.70. The van der Waals surface area contributed by atoms with Crippen molar-refractivity contribution < 1.29 is 9.50 Å². The third-order valence-electron chi connectivity index (χ3n) is 3.90. The highest BCUT2D eigenvalue weighted by Crippen LogP contribution is 2.32. The van der Waals surface area contributed by atoms with Crippen LogP contribution in [0.3, 0.4) is 0 Å². The predicted molar refractivity (Wildman–Crippen MR) is 79.5 cm³/mol. The normalized spacial score (nSPS) is 23.2. The van der Waals surface area contributed by atoms with Crippen molar-refractivity contribution in [1.29, 1.82) is 0 Å². The highest BCUT2D eigenvalue weighted by Gasteiger charge is 2.30. The van der Waals surface area contributed by atoms with Gasteiger partial charge in [-0.3, -0.25) is 4.98 Å². The quantitative estimate of drug-likeness (QED) is 0.913. The highest BCUT2D eigenvalue weighted by atomic mass is 35.5. The standard InChI is InChI=1S/C16H16ClFN2O/c17-12-3-1-10(2-4-12)14-5-6-15(20-14)16(21)11-7-13(18)9-19-8-11/h1-4,7-9,14-16,20-21H,5-6H2/t14-,15+,16+/m0/s1. The molecule has 1 aromatic heterocycles. The number of nitrogens with one attached hydrogen (secondary N) is 1. The maximum atomic E-state index is 13.2. The molecule has 0 radical (unpaired) electrons. The summed E-state index contributed by atoms with van der Waals surface area (Å²) in [7, 11) is 0. The summed E-state index contributed by atoms with van der Waals surface area (Å²) < 4.78 is 13.2. The Hall–Kier alpha value is -1.49. The van der Waals surface area contributed by atoms with E-state index in [1.807, 2.05) is 24.3 Å². The minimum Gasteiger partial charge on any atom is -0.387 e. The van der Waals surface area contributed by atoms with E-state index in [4.69, 9.17) is 11.6 Å². The molecule has 2 N–H and O–H groups in total. The molecular formula is C16H16ClFN2O. The second-order valence-corrected chi connectivity index (χ2v) is 5.77. The first-order valence-electron chi connectivity index (χ1n) is 6.93. The van der Waals surface area contributed by atoms with Crippen molar-refractivity contribution >= 4 is 11.6 Å². The summed E-state index contributed by atoms with van der Waals surface area (Å²) in [6, 6.07) is 9.10. The Morgan fingerprint density at radius 3 is 2.71 bits per heavy atom. The van der Waals surface area contributed by atoms with Gasteiger partial charge < -0.3 is 10.4 Å². The number of aromatic nitrogens is 1. The minimum absolute atomic E-state index is 0.103. The summed E-state index contributed by atoms with van der Waals surface area (Å²) in [5.41, 5.74) is 1.65. The van der Waals surface area contributed by atoms with E-state index in [0.717, 1.165) is 24.6 Å². The zero-order chi connectivity index (χ0) is 14.8. The van der Waals surface area contributed by atoms with E-state index < -0.39 is 11.9 Å². The predicted octanol–water partition coefficient (Wildman–Crippen LogP) is 3.40. The summed E-state index contributed by atoms with van der Waals surface area (Å²) in [6.45, 7) is 0. The Morgan fingerprint density at radius 1 is 1.24 bits per heavy atom. The number of aliphatic hydroxyl groups is 1. The fourth-order valence-electron chi connectivity index (χ4n) is 2.80. The van der Waals surface area contributed by atoms with Gasteiger partial charge in [-0.1, -0.05) is 23.7 Å². The molecule has 5 heteroatoms. The largest absolute Gasteiger partial charge is 0.387 e. The van der Waals surface area contributed by atoms with Gasteiger partial charge in [0.15, 0.2) is 0 Å². The Morgan fingerprint density at radius 2 is 2.00 bits per heavy atom. The molecule has 2 heterocycles. The number of pyridine rings is 1. The van der Waals surface area contributed by atoms with Crippen LogP contribution in [0.5, 0.6) is 0 Å². The molecular weight excluding hydrogens is 291 g/mol. The van der Waals surface area contributed by atoms with E-state index in [0.29, 0.717) is 10.6 Å². The van der Waals surface area contributed by atoms with Crippen molar-refractivity contribution in [1.82, 2.24) is 10.3 Å². The smallest absolute Gasteiger partial charge is 0.141 e. The first kappa shape index (κ1) is 14.4.